The average molecular weight is 260 g/mol. The zero-order valence-electron chi connectivity index (χ0n) is 10.3. The minimum Gasteiger partial charge on any atom is -0.490 e. The molecule has 0 spiro atoms. The van der Waals surface area contributed by atoms with Crippen LogP contribution in [0, 0.1) is 6.92 Å². The van der Waals surface area contributed by atoms with E-state index in [2.05, 4.69) is 4.98 Å². The summed E-state index contributed by atoms with van der Waals surface area (Å²) in [6.45, 7) is 2.00. The molecular formula is C14H16N2OS. The molecule has 2 aromatic rings. The van der Waals surface area contributed by atoms with Crippen LogP contribution in [0.1, 0.15) is 35.0 Å². The first-order chi connectivity index (χ1) is 8.74. The largest absolute Gasteiger partial charge is 0.490 e. The van der Waals surface area contributed by atoms with Gasteiger partial charge in [-0.1, -0.05) is 12.1 Å². The molecule has 3 rings (SSSR count). The third kappa shape index (κ3) is 2.40. The normalized spacial score (nSPS) is 16.6. The number of hydrogen-bond acceptors (Lipinski definition) is 4. The Morgan fingerprint density at radius 3 is 2.94 bits per heavy atom. The first-order valence-corrected chi connectivity index (χ1v) is 7.04. The Bertz CT molecular complexity index is 548. The summed E-state index contributed by atoms with van der Waals surface area (Å²) in [5, 5.41) is 0. The van der Waals surface area contributed by atoms with Gasteiger partial charge >= 0.3 is 0 Å². The summed E-state index contributed by atoms with van der Waals surface area (Å²) in [5.74, 6) is 0.924. The maximum absolute atomic E-state index is 6.29. The highest BCUT2D eigenvalue weighted by Crippen LogP contribution is 2.30. The second-order valence-electron chi connectivity index (χ2n) is 4.67. The van der Waals surface area contributed by atoms with E-state index < -0.39 is 0 Å². The van der Waals surface area contributed by atoms with Crippen molar-refractivity contribution in [3.63, 3.8) is 0 Å². The molecule has 1 saturated carbocycles. The molecule has 1 aromatic heterocycles. The Hall–Kier alpha value is -1.39. The van der Waals surface area contributed by atoms with Gasteiger partial charge in [0.25, 0.3) is 0 Å². The molecule has 94 valence electrons. The van der Waals surface area contributed by atoms with Gasteiger partial charge in [-0.3, -0.25) is 0 Å². The fourth-order valence-electron chi connectivity index (χ4n) is 1.92. The number of hydrogen-bond donors (Lipinski definition) is 1. The van der Waals surface area contributed by atoms with Gasteiger partial charge in [0, 0.05) is 4.88 Å². The third-order valence-corrected chi connectivity index (χ3v) is 4.12. The topological polar surface area (TPSA) is 48.1 Å². The van der Waals surface area contributed by atoms with Crippen LogP contribution in [0.5, 0.6) is 5.75 Å². The van der Waals surface area contributed by atoms with Crippen molar-refractivity contribution in [1.82, 2.24) is 4.98 Å². The summed E-state index contributed by atoms with van der Waals surface area (Å²) in [5.41, 5.74) is 10.2. The van der Waals surface area contributed by atoms with Crippen molar-refractivity contribution in [3.05, 3.63) is 45.9 Å². The lowest BCUT2D eigenvalue weighted by Gasteiger charge is -2.13. The zero-order chi connectivity index (χ0) is 12.5. The van der Waals surface area contributed by atoms with Crippen LogP contribution < -0.4 is 10.5 Å². The maximum atomic E-state index is 6.29. The van der Waals surface area contributed by atoms with Gasteiger partial charge in [-0.2, -0.15) is 0 Å². The number of rotatable bonds is 4. The molecular weight excluding hydrogens is 244 g/mol. The molecule has 0 aliphatic heterocycles. The van der Waals surface area contributed by atoms with Crippen molar-refractivity contribution in [2.24, 2.45) is 5.73 Å². The molecule has 18 heavy (non-hydrogen) atoms. The van der Waals surface area contributed by atoms with Crippen LogP contribution in [0.25, 0.3) is 0 Å². The SMILES string of the molecule is Cc1ncsc1C(N)c1cccc(OC2CC2)c1. The lowest BCUT2D eigenvalue weighted by atomic mass is 10.1. The quantitative estimate of drug-likeness (QED) is 0.919. The van der Waals surface area contributed by atoms with Crippen molar-refractivity contribution in [2.45, 2.75) is 31.9 Å². The molecule has 1 aliphatic carbocycles. The highest BCUT2D eigenvalue weighted by Gasteiger charge is 2.23. The van der Waals surface area contributed by atoms with Crippen LogP contribution in [-0.4, -0.2) is 11.1 Å². The van der Waals surface area contributed by atoms with E-state index in [1.54, 1.807) is 11.3 Å². The lowest BCUT2D eigenvalue weighted by molar-refractivity contribution is 0.303. The van der Waals surface area contributed by atoms with Crippen LogP contribution in [0.3, 0.4) is 0 Å². The van der Waals surface area contributed by atoms with E-state index in [1.165, 1.54) is 12.8 Å². The highest BCUT2D eigenvalue weighted by molar-refractivity contribution is 7.09. The van der Waals surface area contributed by atoms with Crippen LogP contribution in [0.2, 0.25) is 0 Å². The molecule has 1 unspecified atom stereocenters. The monoisotopic (exact) mass is 260 g/mol. The van der Waals surface area contributed by atoms with Crippen molar-refractivity contribution < 1.29 is 4.74 Å². The summed E-state index contributed by atoms with van der Waals surface area (Å²) < 4.78 is 5.80. The third-order valence-electron chi connectivity index (χ3n) is 3.11. The molecule has 0 amide bonds. The fraction of sp³-hybridized carbons (Fsp3) is 0.357. The number of aromatic nitrogens is 1. The van der Waals surface area contributed by atoms with E-state index in [0.29, 0.717) is 6.10 Å². The van der Waals surface area contributed by atoms with Crippen molar-refractivity contribution in [2.75, 3.05) is 0 Å². The van der Waals surface area contributed by atoms with E-state index in [9.17, 15) is 0 Å². The number of ether oxygens (including phenoxy) is 1. The lowest BCUT2D eigenvalue weighted by Crippen LogP contribution is -2.11. The molecule has 3 nitrogen and oxygen atoms in total. The predicted octanol–water partition coefficient (Wildman–Crippen LogP) is 3.04. The Balaban J connectivity index is 1.84. The first kappa shape index (κ1) is 11.7. The Morgan fingerprint density at radius 1 is 1.44 bits per heavy atom. The van der Waals surface area contributed by atoms with Crippen molar-refractivity contribution in [3.8, 4) is 5.75 Å². The predicted molar refractivity (Wildman–Crippen MR) is 73.0 cm³/mol. The summed E-state index contributed by atoms with van der Waals surface area (Å²) in [6, 6.07) is 7.98. The zero-order valence-corrected chi connectivity index (χ0v) is 11.1. The summed E-state index contributed by atoms with van der Waals surface area (Å²) in [4.78, 5) is 5.37. The summed E-state index contributed by atoms with van der Waals surface area (Å²) in [6.07, 6.45) is 2.76. The molecule has 1 heterocycles. The summed E-state index contributed by atoms with van der Waals surface area (Å²) in [7, 11) is 0. The van der Waals surface area contributed by atoms with Gasteiger partial charge in [0.2, 0.25) is 0 Å². The molecule has 4 heteroatoms. The molecule has 1 atom stereocenters. The fourth-order valence-corrected chi connectivity index (χ4v) is 2.75. The van der Waals surface area contributed by atoms with Crippen LogP contribution in [0.4, 0.5) is 0 Å². The van der Waals surface area contributed by atoms with Crippen LogP contribution in [-0.2, 0) is 0 Å². The molecule has 2 N–H and O–H groups in total. The minimum absolute atomic E-state index is 0.111. The van der Waals surface area contributed by atoms with Gasteiger partial charge in [-0.05, 0) is 37.5 Å². The van der Waals surface area contributed by atoms with Crippen LogP contribution in [0.15, 0.2) is 29.8 Å². The number of nitrogens with zero attached hydrogens (tertiary/aromatic N) is 1. The van der Waals surface area contributed by atoms with Gasteiger partial charge in [0.05, 0.1) is 23.4 Å². The average Bonchev–Trinajstić information content (AvgIpc) is 3.08. The van der Waals surface area contributed by atoms with E-state index in [4.69, 9.17) is 10.5 Å². The number of benzene rings is 1. The van der Waals surface area contributed by atoms with E-state index in [0.717, 1.165) is 21.9 Å². The number of thiazole rings is 1. The molecule has 1 aliphatic rings. The molecule has 0 bridgehead atoms. The van der Waals surface area contributed by atoms with E-state index in [-0.39, 0.29) is 6.04 Å². The number of nitrogens with two attached hydrogens (primary N) is 1. The second-order valence-corrected chi connectivity index (χ2v) is 5.56. The second kappa shape index (κ2) is 4.71. The van der Waals surface area contributed by atoms with Crippen LogP contribution >= 0.6 is 11.3 Å². The number of aryl methyl sites for hydroxylation is 1. The Labute approximate surface area is 111 Å². The highest BCUT2D eigenvalue weighted by atomic mass is 32.1. The minimum atomic E-state index is -0.111. The van der Waals surface area contributed by atoms with Crippen molar-refractivity contribution >= 4 is 11.3 Å². The maximum Gasteiger partial charge on any atom is 0.120 e. The van der Waals surface area contributed by atoms with Gasteiger partial charge in [0.15, 0.2) is 0 Å². The van der Waals surface area contributed by atoms with Crippen molar-refractivity contribution in [1.29, 1.82) is 0 Å². The van der Waals surface area contributed by atoms with Gasteiger partial charge in [-0.25, -0.2) is 4.98 Å². The van der Waals surface area contributed by atoms with Gasteiger partial charge in [0.1, 0.15) is 5.75 Å². The molecule has 0 radical (unpaired) electrons. The Kier molecular flexibility index (Phi) is 3.06. The first-order valence-electron chi connectivity index (χ1n) is 6.16. The summed E-state index contributed by atoms with van der Waals surface area (Å²) >= 11 is 1.61. The van der Waals surface area contributed by atoms with Gasteiger partial charge in [-0.15, -0.1) is 11.3 Å². The standard InChI is InChI=1S/C14H16N2OS/c1-9-14(18-8-16-9)13(15)10-3-2-4-12(7-10)17-11-5-6-11/h2-4,7-8,11,13H,5-6,15H2,1H3. The molecule has 1 fully saturated rings. The Morgan fingerprint density at radius 2 is 2.28 bits per heavy atom. The van der Waals surface area contributed by atoms with E-state index in [1.807, 2.05) is 36.7 Å². The van der Waals surface area contributed by atoms with E-state index >= 15 is 0 Å². The van der Waals surface area contributed by atoms with Gasteiger partial charge < -0.3 is 10.5 Å². The molecule has 0 saturated heterocycles. The molecule has 1 aromatic carbocycles. The smallest absolute Gasteiger partial charge is 0.120 e.